The molecule has 1 heterocycles. The van der Waals surface area contributed by atoms with Gasteiger partial charge in [0, 0.05) is 24.5 Å². The Bertz CT molecular complexity index is 584. The highest BCUT2D eigenvalue weighted by Crippen LogP contribution is 2.25. The molecule has 1 unspecified atom stereocenters. The van der Waals surface area contributed by atoms with Gasteiger partial charge in [-0.3, -0.25) is 4.98 Å². The number of benzene rings is 1. The third kappa shape index (κ3) is 4.48. The quantitative estimate of drug-likeness (QED) is 0.860. The molecule has 5 heteroatoms. The molecular weight excluding hydrogens is 294 g/mol. The molecule has 0 fully saturated rings. The van der Waals surface area contributed by atoms with Crippen molar-refractivity contribution < 1.29 is 8.78 Å². The Morgan fingerprint density at radius 2 is 1.95 bits per heavy atom. The zero-order chi connectivity index (χ0) is 15.2. The fourth-order valence-electron chi connectivity index (χ4n) is 2.24. The van der Waals surface area contributed by atoms with Crippen LogP contribution in [0, 0.1) is 11.6 Å². The molecule has 0 aliphatic carbocycles. The van der Waals surface area contributed by atoms with Crippen LogP contribution < -0.4 is 5.32 Å². The Balaban J connectivity index is 2.26. The lowest BCUT2D eigenvalue weighted by Crippen LogP contribution is -2.24. The highest BCUT2D eigenvalue weighted by molar-refractivity contribution is 6.31. The van der Waals surface area contributed by atoms with E-state index in [1.165, 1.54) is 12.1 Å². The van der Waals surface area contributed by atoms with E-state index in [-0.39, 0.29) is 6.04 Å². The summed E-state index contributed by atoms with van der Waals surface area (Å²) in [5.41, 5.74) is 1.47. The molecule has 0 saturated heterocycles. The molecule has 0 radical (unpaired) electrons. The second kappa shape index (κ2) is 7.48. The van der Waals surface area contributed by atoms with Gasteiger partial charge in [-0.05, 0) is 48.7 Å². The van der Waals surface area contributed by atoms with Crippen molar-refractivity contribution in [3.8, 4) is 0 Å². The number of nitrogens with one attached hydrogen (secondary N) is 1. The maximum atomic E-state index is 13.3. The van der Waals surface area contributed by atoms with Crippen molar-refractivity contribution in [2.45, 2.75) is 25.8 Å². The van der Waals surface area contributed by atoms with Crippen molar-refractivity contribution in [3.05, 3.63) is 64.4 Å². The molecule has 21 heavy (non-hydrogen) atoms. The zero-order valence-electron chi connectivity index (χ0n) is 11.7. The minimum Gasteiger partial charge on any atom is -0.310 e. The van der Waals surface area contributed by atoms with E-state index in [9.17, 15) is 8.78 Å². The van der Waals surface area contributed by atoms with Gasteiger partial charge in [0.2, 0.25) is 0 Å². The number of hydrogen-bond acceptors (Lipinski definition) is 2. The SMILES string of the molecule is CCCNC(Cc1cc(F)cc(F)c1)c1ccncc1Cl. The standard InChI is InChI=1S/C16H17ClF2N2/c1-2-4-21-16(14-3-5-20-10-15(14)17)8-11-6-12(18)9-13(19)7-11/h3,5-7,9-10,16,21H,2,4,8H2,1H3. The number of aromatic nitrogens is 1. The lowest BCUT2D eigenvalue weighted by atomic mass is 9.99. The third-order valence-corrected chi connectivity index (χ3v) is 3.50. The molecule has 0 saturated carbocycles. The van der Waals surface area contributed by atoms with Crippen LogP contribution in [0.4, 0.5) is 8.78 Å². The van der Waals surface area contributed by atoms with E-state index in [1.54, 1.807) is 12.4 Å². The second-order valence-electron chi connectivity index (χ2n) is 4.89. The first kappa shape index (κ1) is 15.9. The lowest BCUT2D eigenvalue weighted by molar-refractivity contribution is 0.522. The molecule has 1 aromatic carbocycles. The molecular formula is C16H17ClF2N2. The Morgan fingerprint density at radius 1 is 1.24 bits per heavy atom. The summed E-state index contributed by atoms with van der Waals surface area (Å²) in [4.78, 5) is 3.96. The first-order valence-electron chi connectivity index (χ1n) is 6.88. The second-order valence-corrected chi connectivity index (χ2v) is 5.29. The minimum atomic E-state index is -0.569. The van der Waals surface area contributed by atoms with Crippen molar-refractivity contribution >= 4 is 11.6 Å². The average Bonchev–Trinajstić information content (AvgIpc) is 2.43. The van der Waals surface area contributed by atoms with Crippen LogP contribution in [0.15, 0.2) is 36.7 Å². The molecule has 1 atom stereocenters. The van der Waals surface area contributed by atoms with Crippen LogP contribution in [0.1, 0.15) is 30.5 Å². The van der Waals surface area contributed by atoms with Gasteiger partial charge >= 0.3 is 0 Å². The largest absolute Gasteiger partial charge is 0.310 e. The Labute approximate surface area is 128 Å². The Hall–Kier alpha value is -1.52. The van der Waals surface area contributed by atoms with E-state index in [1.807, 2.05) is 6.07 Å². The summed E-state index contributed by atoms with van der Waals surface area (Å²) in [6.07, 6.45) is 4.65. The van der Waals surface area contributed by atoms with Crippen molar-refractivity contribution in [2.75, 3.05) is 6.54 Å². The molecule has 112 valence electrons. The van der Waals surface area contributed by atoms with Crippen LogP contribution in [-0.2, 0) is 6.42 Å². The van der Waals surface area contributed by atoms with Gasteiger partial charge in [0.25, 0.3) is 0 Å². The van der Waals surface area contributed by atoms with Crippen molar-refractivity contribution in [3.63, 3.8) is 0 Å². The predicted octanol–water partition coefficient (Wildman–Crippen LogP) is 4.30. The summed E-state index contributed by atoms with van der Waals surface area (Å²) < 4.78 is 26.6. The van der Waals surface area contributed by atoms with Crippen LogP contribution >= 0.6 is 11.6 Å². The van der Waals surface area contributed by atoms with E-state index in [0.29, 0.717) is 17.0 Å². The number of nitrogens with zero attached hydrogens (tertiary/aromatic N) is 1. The highest BCUT2D eigenvalue weighted by atomic mass is 35.5. The summed E-state index contributed by atoms with van der Waals surface area (Å²) in [5.74, 6) is -1.14. The monoisotopic (exact) mass is 310 g/mol. The molecule has 2 nitrogen and oxygen atoms in total. The first-order chi connectivity index (χ1) is 10.1. The Morgan fingerprint density at radius 3 is 2.57 bits per heavy atom. The molecule has 2 rings (SSSR count). The summed E-state index contributed by atoms with van der Waals surface area (Å²) in [6.45, 7) is 2.85. The van der Waals surface area contributed by atoms with E-state index in [4.69, 9.17) is 11.6 Å². The molecule has 1 aromatic heterocycles. The molecule has 0 bridgehead atoms. The van der Waals surface area contributed by atoms with Gasteiger partial charge in [-0.15, -0.1) is 0 Å². The fraction of sp³-hybridized carbons (Fsp3) is 0.312. The van der Waals surface area contributed by atoms with Gasteiger partial charge in [-0.2, -0.15) is 0 Å². The first-order valence-corrected chi connectivity index (χ1v) is 7.25. The van der Waals surface area contributed by atoms with Crippen molar-refractivity contribution in [1.29, 1.82) is 0 Å². The summed E-state index contributed by atoms with van der Waals surface area (Å²) in [6, 6.07) is 5.28. The van der Waals surface area contributed by atoms with Gasteiger partial charge in [-0.25, -0.2) is 8.78 Å². The number of hydrogen-bond donors (Lipinski definition) is 1. The molecule has 0 aliphatic heterocycles. The van der Waals surface area contributed by atoms with E-state index >= 15 is 0 Å². The fourth-order valence-corrected chi connectivity index (χ4v) is 2.49. The summed E-state index contributed by atoms with van der Waals surface area (Å²) in [5, 5.41) is 3.90. The van der Waals surface area contributed by atoms with Gasteiger partial charge in [-0.1, -0.05) is 18.5 Å². The topological polar surface area (TPSA) is 24.9 Å². The smallest absolute Gasteiger partial charge is 0.126 e. The lowest BCUT2D eigenvalue weighted by Gasteiger charge is -2.20. The molecule has 0 spiro atoms. The van der Waals surface area contributed by atoms with Gasteiger partial charge in [0.05, 0.1) is 5.02 Å². The van der Waals surface area contributed by atoms with Crippen LogP contribution in [0.5, 0.6) is 0 Å². The molecule has 2 aromatic rings. The van der Waals surface area contributed by atoms with E-state index in [0.717, 1.165) is 24.6 Å². The maximum absolute atomic E-state index is 13.3. The number of halogens is 3. The van der Waals surface area contributed by atoms with Gasteiger partial charge in [0.1, 0.15) is 11.6 Å². The number of pyridine rings is 1. The third-order valence-electron chi connectivity index (χ3n) is 3.18. The van der Waals surface area contributed by atoms with E-state index in [2.05, 4.69) is 17.2 Å². The van der Waals surface area contributed by atoms with E-state index < -0.39 is 11.6 Å². The Kier molecular flexibility index (Phi) is 5.65. The van der Waals surface area contributed by atoms with Crippen molar-refractivity contribution in [2.24, 2.45) is 0 Å². The van der Waals surface area contributed by atoms with Crippen molar-refractivity contribution in [1.82, 2.24) is 10.3 Å². The summed E-state index contributed by atoms with van der Waals surface area (Å²) >= 11 is 6.18. The molecule has 0 amide bonds. The van der Waals surface area contributed by atoms with Gasteiger partial charge in [0.15, 0.2) is 0 Å². The average molecular weight is 311 g/mol. The van der Waals surface area contributed by atoms with Crippen LogP contribution in [0.25, 0.3) is 0 Å². The number of rotatable bonds is 6. The zero-order valence-corrected chi connectivity index (χ0v) is 12.5. The van der Waals surface area contributed by atoms with Crippen LogP contribution in [0.3, 0.4) is 0 Å². The summed E-state index contributed by atoms with van der Waals surface area (Å²) in [7, 11) is 0. The molecule has 1 N–H and O–H groups in total. The normalized spacial score (nSPS) is 12.4. The van der Waals surface area contributed by atoms with Gasteiger partial charge < -0.3 is 5.32 Å². The predicted molar refractivity (Wildman–Crippen MR) is 80.3 cm³/mol. The molecule has 0 aliphatic rings. The maximum Gasteiger partial charge on any atom is 0.126 e. The van der Waals surface area contributed by atoms with Crippen LogP contribution in [-0.4, -0.2) is 11.5 Å². The minimum absolute atomic E-state index is 0.110. The highest BCUT2D eigenvalue weighted by Gasteiger charge is 2.15. The van der Waals surface area contributed by atoms with Crippen LogP contribution in [0.2, 0.25) is 5.02 Å².